The molecule has 0 spiro atoms. The van der Waals surface area contributed by atoms with Crippen LogP contribution in [0.3, 0.4) is 0 Å². The van der Waals surface area contributed by atoms with Crippen molar-refractivity contribution in [3.8, 4) is 0 Å². The van der Waals surface area contributed by atoms with Crippen LogP contribution < -0.4 is 9.62 Å². The lowest BCUT2D eigenvalue weighted by Crippen LogP contribution is -2.25. The molecule has 0 aromatic heterocycles. The van der Waals surface area contributed by atoms with Crippen LogP contribution in [-0.4, -0.2) is 32.4 Å². The van der Waals surface area contributed by atoms with Crippen molar-refractivity contribution in [1.29, 1.82) is 0 Å². The van der Waals surface area contributed by atoms with E-state index in [2.05, 4.69) is 5.32 Å². The molecule has 1 N–H and O–H groups in total. The minimum atomic E-state index is -3.25. The molecular weight excluding hydrogens is 363 g/mol. The standard InChI is InChI=1S/C17H17FN2O3S2/c18-13-5-7-16(8-6-13)24-12-17(21)19-14-3-1-4-15(11-14)20-9-2-10-25(20,22)23/h1,3-8,11H,2,9-10,12H2,(H,19,21). The van der Waals surface area contributed by atoms with Gasteiger partial charge in [0.2, 0.25) is 15.9 Å². The van der Waals surface area contributed by atoms with Crippen LogP contribution in [0.5, 0.6) is 0 Å². The summed E-state index contributed by atoms with van der Waals surface area (Å²) in [5, 5.41) is 2.76. The zero-order valence-corrected chi connectivity index (χ0v) is 14.9. The maximum atomic E-state index is 12.9. The number of hydrogen-bond donors (Lipinski definition) is 1. The largest absolute Gasteiger partial charge is 0.325 e. The van der Waals surface area contributed by atoms with Gasteiger partial charge in [0.05, 0.1) is 17.2 Å². The molecule has 132 valence electrons. The molecule has 1 aliphatic heterocycles. The SMILES string of the molecule is O=C(CSc1ccc(F)cc1)Nc1cccc(N2CCCS2(=O)=O)c1. The van der Waals surface area contributed by atoms with Crippen molar-refractivity contribution in [3.05, 3.63) is 54.3 Å². The van der Waals surface area contributed by atoms with Crippen LogP contribution in [0, 0.1) is 5.82 Å². The monoisotopic (exact) mass is 380 g/mol. The van der Waals surface area contributed by atoms with Crippen molar-refractivity contribution in [2.24, 2.45) is 0 Å². The first kappa shape index (κ1) is 17.8. The van der Waals surface area contributed by atoms with Crippen LogP contribution in [0.1, 0.15) is 6.42 Å². The number of sulfonamides is 1. The van der Waals surface area contributed by atoms with Gasteiger partial charge in [0.15, 0.2) is 0 Å². The number of benzene rings is 2. The van der Waals surface area contributed by atoms with Crippen LogP contribution >= 0.6 is 11.8 Å². The fourth-order valence-corrected chi connectivity index (χ4v) is 4.80. The second-order valence-electron chi connectivity index (χ2n) is 5.58. The van der Waals surface area contributed by atoms with Gasteiger partial charge in [0.25, 0.3) is 0 Å². The fraction of sp³-hybridized carbons (Fsp3) is 0.235. The van der Waals surface area contributed by atoms with Gasteiger partial charge in [-0.2, -0.15) is 0 Å². The Morgan fingerprint density at radius 2 is 1.96 bits per heavy atom. The number of nitrogens with zero attached hydrogens (tertiary/aromatic N) is 1. The number of halogens is 1. The molecule has 0 saturated carbocycles. The molecule has 0 aliphatic carbocycles. The minimum Gasteiger partial charge on any atom is -0.325 e. The van der Waals surface area contributed by atoms with Crippen molar-refractivity contribution < 1.29 is 17.6 Å². The van der Waals surface area contributed by atoms with E-state index >= 15 is 0 Å². The maximum absolute atomic E-state index is 12.9. The first-order valence-corrected chi connectivity index (χ1v) is 10.3. The highest BCUT2D eigenvalue weighted by Crippen LogP contribution is 2.26. The zero-order chi connectivity index (χ0) is 17.9. The molecule has 1 aliphatic rings. The molecule has 0 bridgehead atoms. The molecule has 3 rings (SSSR count). The predicted molar refractivity (Wildman–Crippen MR) is 97.9 cm³/mol. The molecule has 5 nitrogen and oxygen atoms in total. The van der Waals surface area contributed by atoms with E-state index in [4.69, 9.17) is 0 Å². The molecule has 1 saturated heterocycles. The van der Waals surface area contributed by atoms with Crippen LogP contribution in [0.25, 0.3) is 0 Å². The Bertz CT molecular complexity index is 870. The number of thioether (sulfide) groups is 1. The van der Waals surface area contributed by atoms with E-state index in [0.29, 0.717) is 24.3 Å². The van der Waals surface area contributed by atoms with Crippen molar-refractivity contribution in [2.75, 3.05) is 27.7 Å². The second kappa shape index (κ2) is 7.45. The van der Waals surface area contributed by atoms with Gasteiger partial charge < -0.3 is 5.32 Å². The third-order valence-electron chi connectivity index (χ3n) is 3.70. The summed E-state index contributed by atoms with van der Waals surface area (Å²) in [5.74, 6) is -0.200. The Hall–Kier alpha value is -2.06. The lowest BCUT2D eigenvalue weighted by molar-refractivity contribution is -0.113. The Morgan fingerprint density at radius 3 is 2.64 bits per heavy atom. The molecule has 8 heteroatoms. The Labute approximate surface area is 150 Å². The van der Waals surface area contributed by atoms with E-state index in [9.17, 15) is 17.6 Å². The average molecular weight is 380 g/mol. The van der Waals surface area contributed by atoms with Gasteiger partial charge in [-0.3, -0.25) is 9.10 Å². The van der Waals surface area contributed by atoms with Gasteiger partial charge in [-0.25, -0.2) is 12.8 Å². The van der Waals surface area contributed by atoms with E-state index in [-0.39, 0.29) is 23.2 Å². The number of rotatable bonds is 5. The summed E-state index contributed by atoms with van der Waals surface area (Å²) in [6, 6.07) is 12.7. The van der Waals surface area contributed by atoms with Crippen molar-refractivity contribution >= 4 is 39.1 Å². The minimum absolute atomic E-state index is 0.151. The topological polar surface area (TPSA) is 66.5 Å². The summed E-state index contributed by atoms with van der Waals surface area (Å²) in [4.78, 5) is 12.9. The second-order valence-corrected chi connectivity index (χ2v) is 8.64. The van der Waals surface area contributed by atoms with Crippen molar-refractivity contribution in [1.82, 2.24) is 0 Å². The molecule has 1 heterocycles. The molecule has 2 aromatic carbocycles. The fourth-order valence-electron chi connectivity index (χ4n) is 2.55. The van der Waals surface area contributed by atoms with E-state index in [1.165, 1.54) is 28.2 Å². The van der Waals surface area contributed by atoms with E-state index in [1.54, 1.807) is 36.4 Å². The van der Waals surface area contributed by atoms with Gasteiger partial charge in [-0.05, 0) is 48.9 Å². The molecule has 1 fully saturated rings. The summed E-state index contributed by atoms with van der Waals surface area (Å²) >= 11 is 1.30. The van der Waals surface area contributed by atoms with Crippen LogP contribution in [0.2, 0.25) is 0 Å². The van der Waals surface area contributed by atoms with Gasteiger partial charge in [-0.15, -0.1) is 11.8 Å². The average Bonchev–Trinajstić information content (AvgIpc) is 2.94. The summed E-state index contributed by atoms with van der Waals surface area (Å²) < 4.78 is 38.2. The third kappa shape index (κ3) is 4.52. The molecular formula is C17H17FN2O3S2. The zero-order valence-electron chi connectivity index (χ0n) is 13.3. The smallest absolute Gasteiger partial charge is 0.235 e. The highest BCUT2D eigenvalue weighted by Gasteiger charge is 2.28. The molecule has 2 aromatic rings. The van der Waals surface area contributed by atoms with Gasteiger partial charge in [0, 0.05) is 17.1 Å². The Morgan fingerprint density at radius 1 is 1.20 bits per heavy atom. The Kier molecular flexibility index (Phi) is 5.29. The quantitative estimate of drug-likeness (QED) is 0.810. The molecule has 0 atom stereocenters. The number of amides is 1. The molecule has 25 heavy (non-hydrogen) atoms. The lowest BCUT2D eigenvalue weighted by atomic mass is 10.2. The lowest BCUT2D eigenvalue weighted by Gasteiger charge is -2.17. The maximum Gasteiger partial charge on any atom is 0.235 e. The summed E-state index contributed by atoms with van der Waals surface area (Å²) in [6.45, 7) is 0.458. The highest BCUT2D eigenvalue weighted by molar-refractivity contribution is 8.00. The van der Waals surface area contributed by atoms with Gasteiger partial charge >= 0.3 is 0 Å². The van der Waals surface area contributed by atoms with E-state index < -0.39 is 10.0 Å². The molecule has 0 radical (unpaired) electrons. The van der Waals surface area contributed by atoms with Crippen molar-refractivity contribution in [2.45, 2.75) is 11.3 Å². The predicted octanol–water partition coefficient (Wildman–Crippen LogP) is 3.10. The third-order valence-corrected chi connectivity index (χ3v) is 6.58. The van der Waals surface area contributed by atoms with Crippen LogP contribution in [0.4, 0.5) is 15.8 Å². The van der Waals surface area contributed by atoms with Crippen LogP contribution in [-0.2, 0) is 14.8 Å². The normalized spacial score (nSPS) is 16.0. The summed E-state index contributed by atoms with van der Waals surface area (Å²) in [5.41, 5.74) is 1.10. The van der Waals surface area contributed by atoms with Gasteiger partial charge in [0.1, 0.15) is 5.82 Å². The molecule has 0 unspecified atom stereocenters. The van der Waals surface area contributed by atoms with Crippen LogP contribution in [0.15, 0.2) is 53.4 Å². The summed E-state index contributed by atoms with van der Waals surface area (Å²) in [7, 11) is -3.25. The van der Waals surface area contributed by atoms with E-state index in [1.807, 2.05) is 0 Å². The van der Waals surface area contributed by atoms with E-state index in [0.717, 1.165) is 4.90 Å². The highest BCUT2D eigenvalue weighted by atomic mass is 32.2. The number of nitrogens with one attached hydrogen (secondary N) is 1. The van der Waals surface area contributed by atoms with Gasteiger partial charge in [-0.1, -0.05) is 6.07 Å². The number of anilines is 2. The molecule has 1 amide bonds. The summed E-state index contributed by atoms with van der Waals surface area (Å²) in [6.07, 6.45) is 0.604. The number of carbonyl (C=O) groups excluding carboxylic acids is 1. The number of hydrogen-bond acceptors (Lipinski definition) is 4. The Balaban J connectivity index is 1.62. The first-order valence-electron chi connectivity index (χ1n) is 7.73. The first-order chi connectivity index (χ1) is 11.9. The number of carbonyl (C=O) groups is 1. The van der Waals surface area contributed by atoms with Crippen molar-refractivity contribution in [3.63, 3.8) is 0 Å².